The molecular formula is C36H25N. The van der Waals surface area contributed by atoms with E-state index in [4.69, 9.17) is 4.98 Å². The summed E-state index contributed by atoms with van der Waals surface area (Å²) in [6, 6.07) is 40.1. The number of hydrogen-bond acceptors (Lipinski definition) is 1. The second kappa shape index (κ2) is 7.27. The van der Waals surface area contributed by atoms with Crippen LogP contribution in [0.4, 0.5) is 0 Å². The van der Waals surface area contributed by atoms with E-state index < -0.39 is 0 Å². The molecule has 0 bridgehead atoms. The van der Waals surface area contributed by atoms with Crippen LogP contribution in [0.2, 0.25) is 0 Å². The molecule has 37 heavy (non-hydrogen) atoms. The van der Waals surface area contributed by atoms with Gasteiger partial charge in [0.05, 0.1) is 5.69 Å². The van der Waals surface area contributed by atoms with Gasteiger partial charge in [-0.3, -0.25) is 4.98 Å². The molecule has 0 saturated carbocycles. The number of rotatable bonds is 1. The van der Waals surface area contributed by atoms with E-state index in [0.29, 0.717) is 0 Å². The zero-order valence-corrected chi connectivity index (χ0v) is 20.9. The van der Waals surface area contributed by atoms with E-state index in [2.05, 4.69) is 123 Å². The van der Waals surface area contributed by atoms with Crippen LogP contribution >= 0.6 is 0 Å². The highest BCUT2D eigenvalue weighted by Gasteiger charge is 2.37. The van der Waals surface area contributed by atoms with Crippen molar-refractivity contribution in [3.05, 3.63) is 127 Å². The first kappa shape index (κ1) is 20.7. The fourth-order valence-corrected chi connectivity index (χ4v) is 6.73. The molecule has 0 spiro atoms. The molecule has 8 rings (SSSR count). The first-order chi connectivity index (χ1) is 18.1. The van der Waals surface area contributed by atoms with Crippen LogP contribution in [0, 0.1) is 0 Å². The molecule has 1 nitrogen and oxygen atoms in total. The Morgan fingerprint density at radius 2 is 1.14 bits per heavy atom. The van der Waals surface area contributed by atoms with Crippen molar-refractivity contribution in [1.29, 1.82) is 0 Å². The number of hydrogen-bond donors (Lipinski definition) is 0. The third-order valence-corrected chi connectivity index (χ3v) is 8.48. The number of fused-ring (bicyclic) bond motifs is 10. The van der Waals surface area contributed by atoms with Crippen LogP contribution in [-0.4, -0.2) is 4.98 Å². The number of aromatic nitrogens is 1. The summed E-state index contributed by atoms with van der Waals surface area (Å²) in [5.74, 6) is 0. The van der Waals surface area contributed by atoms with Crippen molar-refractivity contribution in [3.63, 3.8) is 0 Å². The molecule has 0 radical (unpaired) electrons. The van der Waals surface area contributed by atoms with Crippen molar-refractivity contribution in [2.75, 3.05) is 0 Å². The third-order valence-electron chi connectivity index (χ3n) is 8.48. The van der Waals surface area contributed by atoms with E-state index in [9.17, 15) is 0 Å². The normalized spacial score (nSPS) is 13.9. The Kier molecular flexibility index (Phi) is 4.06. The molecule has 0 saturated heterocycles. The molecule has 0 unspecified atom stereocenters. The number of benzene rings is 6. The molecule has 1 aromatic heterocycles. The monoisotopic (exact) mass is 471 g/mol. The molecule has 1 aliphatic rings. The summed E-state index contributed by atoms with van der Waals surface area (Å²) in [7, 11) is 0. The number of nitrogens with zero attached hydrogens (tertiary/aromatic N) is 1. The lowest BCUT2D eigenvalue weighted by atomic mass is 9.79. The number of pyridine rings is 1. The van der Waals surface area contributed by atoms with E-state index >= 15 is 0 Å². The highest BCUT2D eigenvalue weighted by Crippen LogP contribution is 2.52. The van der Waals surface area contributed by atoms with Gasteiger partial charge in [-0.25, -0.2) is 0 Å². The van der Waals surface area contributed by atoms with E-state index in [1.54, 1.807) is 0 Å². The van der Waals surface area contributed by atoms with Gasteiger partial charge in [0.2, 0.25) is 0 Å². The molecule has 1 heteroatoms. The molecule has 0 N–H and O–H groups in total. The standard InChI is InChI=1S/C36H25N/c1-36(2)33-21-24(13-15-30(33)31-16-12-23-8-4-6-10-26(23)34(31)36)35-32-18-17-27-25-9-5-3-7-22(25)11-14-28(27)29(32)19-20-37-35/h3-21H,1-2H3. The quantitative estimate of drug-likeness (QED) is 0.217. The Labute approximate surface area is 216 Å². The first-order valence-corrected chi connectivity index (χ1v) is 13.0. The Hall–Kier alpha value is -4.49. The predicted molar refractivity (Wildman–Crippen MR) is 157 cm³/mol. The lowest BCUT2D eigenvalue weighted by Gasteiger charge is -2.23. The minimum atomic E-state index is -0.0856. The molecule has 0 atom stereocenters. The molecule has 1 aliphatic carbocycles. The van der Waals surface area contributed by atoms with Gasteiger partial charge in [0.15, 0.2) is 0 Å². The Bertz CT molecular complexity index is 2060. The summed E-state index contributed by atoms with van der Waals surface area (Å²) < 4.78 is 0. The SMILES string of the molecule is CC1(C)c2cc(-c3nccc4c3ccc3c5ccccc5ccc43)ccc2-c2ccc3ccccc3c21. The minimum absolute atomic E-state index is 0.0856. The fourth-order valence-electron chi connectivity index (χ4n) is 6.73. The van der Waals surface area contributed by atoms with Gasteiger partial charge in [-0.05, 0) is 72.1 Å². The van der Waals surface area contributed by atoms with Gasteiger partial charge in [-0.1, -0.05) is 111 Å². The Morgan fingerprint density at radius 3 is 2.00 bits per heavy atom. The van der Waals surface area contributed by atoms with Crippen LogP contribution in [0.15, 0.2) is 115 Å². The van der Waals surface area contributed by atoms with Crippen molar-refractivity contribution in [2.24, 2.45) is 0 Å². The maximum atomic E-state index is 4.92. The van der Waals surface area contributed by atoms with Gasteiger partial charge in [0, 0.05) is 22.6 Å². The van der Waals surface area contributed by atoms with Gasteiger partial charge < -0.3 is 0 Å². The Morgan fingerprint density at radius 1 is 0.514 bits per heavy atom. The smallest absolute Gasteiger partial charge is 0.0780 e. The Balaban J connectivity index is 1.35. The third kappa shape index (κ3) is 2.77. The highest BCUT2D eigenvalue weighted by molar-refractivity contribution is 6.19. The van der Waals surface area contributed by atoms with Crippen molar-refractivity contribution >= 4 is 43.1 Å². The summed E-state index contributed by atoms with van der Waals surface area (Å²) >= 11 is 0. The van der Waals surface area contributed by atoms with E-state index in [1.807, 2.05) is 6.20 Å². The van der Waals surface area contributed by atoms with Gasteiger partial charge >= 0.3 is 0 Å². The molecule has 6 aromatic carbocycles. The zero-order chi connectivity index (χ0) is 24.7. The summed E-state index contributed by atoms with van der Waals surface area (Å²) in [4.78, 5) is 4.92. The van der Waals surface area contributed by atoms with Crippen molar-refractivity contribution in [1.82, 2.24) is 4.98 Å². The molecule has 174 valence electrons. The second-order valence-corrected chi connectivity index (χ2v) is 10.8. The summed E-state index contributed by atoms with van der Waals surface area (Å²) in [5.41, 5.74) is 7.64. The maximum Gasteiger partial charge on any atom is 0.0780 e. The lowest BCUT2D eigenvalue weighted by Crippen LogP contribution is -2.15. The zero-order valence-electron chi connectivity index (χ0n) is 20.9. The summed E-state index contributed by atoms with van der Waals surface area (Å²) in [6.07, 6.45) is 1.97. The van der Waals surface area contributed by atoms with Crippen LogP contribution in [0.3, 0.4) is 0 Å². The van der Waals surface area contributed by atoms with Gasteiger partial charge in [0.25, 0.3) is 0 Å². The summed E-state index contributed by atoms with van der Waals surface area (Å²) in [6.45, 7) is 4.73. The van der Waals surface area contributed by atoms with Gasteiger partial charge in [0.1, 0.15) is 0 Å². The molecule has 0 amide bonds. The molecule has 7 aromatic rings. The van der Waals surface area contributed by atoms with Gasteiger partial charge in [-0.2, -0.15) is 0 Å². The van der Waals surface area contributed by atoms with E-state index in [-0.39, 0.29) is 5.41 Å². The average Bonchev–Trinajstić information content (AvgIpc) is 3.18. The summed E-state index contributed by atoms with van der Waals surface area (Å²) in [5, 5.41) is 10.2. The topological polar surface area (TPSA) is 12.9 Å². The van der Waals surface area contributed by atoms with Crippen molar-refractivity contribution in [2.45, 2.75) is 19.3 Å². The van der Waals surface area contributed by atoms with Crippen LogP contribution in [0.5, 0.6) is 0 Å². The minimum Gasteiger partial charge on any atom is -0.256 e. The molecular weight excluding hydrogens is 446 g/mol. The van der Waals surface area contributed by atoms with E-state index in [1.165, 1.54) is 70.9 Å². The largest absolute Gasteiger partial charge is 0.256 e. The average molecular weight is 472 g/mol. The van der Waals surface area contributed by atoms with Crippen molar-refractivity contribution < 1.29 is 0 Å². The lowest BCUT2D eigenvalue weighted by molar-refractivity contribution is 0.666. The highest BCUT2D eigenvalue weighted by atomic mass is 14.7. The maximum absolute atomic E-state index is 4.92. The van der Waals surface area contributed by atoms with Crippen LogP contribution in [0.25, 0.3) is 65.5 Å². The van der Waals surface area contributed by atoms with Crippen LogP contribution in [-0.2, 0) is 5.41 Å². The van der Waals surface area contributed by atoms with Gasteiger partial charge in [-0.15, -0.1) is 0 Å². The van der Waals surface area contributed by atoms with Crippen LogP contribution in [0.1, 0.15) is 25.0 Å². The van der Waals surface area contributed by atoms with Crippen molar-refractivity contribution in [3.8, 4) is 22.4 Å². The molecule has 0 fully saturated rings. The predicted octanol–water partition coefficient (Wildman–Crippen LogP) is 9.67. The first-order valence-electron chi connectivity index (χ1n) is 13.0. The van der Waals surface area contributed by atoms with Crippen LogP contribution < -0.4 is 0 Å². The second-order valence-electron chi connectivity index (χ2n) is 10.8. The molecule has 1 heterocycles. The fraction of sp³-hybridized carbons (Fsp3) is 0.0833. The van der Waals surface area contributed by atoms with E-state index in [0.717, 1.165) is 5.69 Å². The molecule has 0 aliphatic heterocycles.